The van der Waals surface area contributed by atoms with Gasteiger partial charge in [-0.15, -0.1) is 0 Å². The third kappa shape index (κ3) is 2.19. The van der Waals surface area contributed by atoms with E-state index in [0.717, 1.165) is 0 Å². The highest BCUT2D eigenvalue weighted by Crippen LogP contribution is 2.45. The Kier molecular flexibility index (Phi) is 3.89. The van der Waals surface area contributed by atoms with Gasteiger partial charge in [0.25, 0.3) is 0 Å². The van der Waals surface area contributed by atoms with Crippen LogP contribution in [0, 0.1) is 0 Å². The largest absolute Gasteiger partial charge is 0.497 e. The maximum absolute atomic E-state index is 12.6. The lowest BCUT2D eigenvalue weighted by Crippen LogP contribution is -2.23. The molecule has 124 valence electrons. The molecule has 6 nitrogen and oxygen atoms in total. The number of hydrogen-bond acceptors (Lipinski definition) is 6. The highest BCUT2D eigenvalue weighted by atomic mass is 16.5. The first kappa shape index (κ1) is 15.9. The van der Waals surface area contributed by atoms with Crippen molar-refractivity contribution in [2.45, 2.75) is 0 Å². The molecule has 0 saturated carbocycles. The minimum Gasteiger partial charge on any atom is -0.497 e. The van der Waals surface area contributed by atoms with Gasteiger partial charge in [-0.25, -0.2) is 0 Å². The van der Waals surface area contributed by atoms with Gasteiger partial charge in [0.15, 0.2) is 0 Å². The Balaban J connectivity index is 2.43. The summed E-state index contributed by atoms with van der Waals surface area (Å²) in [5.74, 6) is 0.326. The van der Waals surface area contributed by atoms with Crippen LogP contribution in [0.5, 0.6) is 23.0 Å². The molecule has 1 aliphatic carbocycles. The van der Waals surface area contributed by atoms with Gasteiger partial charge in [-0.05, 0) is 12.1 Å². The molecule has 0 heterocycles. The Morgan fingerprint density at radius 1 is 0.583 bits per heavy atom. The van der Waals surface area contributed by atoms with Gasteiger partial charge >= 0.3 is 0 Å². The number of carbonyl (C=O) groups excluding carboxylic acids is 2. The smallest absolute Gasteiger partial charge is 0.238 e. The monoisotopic (exact) mass is 328 g/mol. The summed E-state index contributed by atoms with van der Waals surface area (Å²) in [5, 5.41) is 0. The van der Waals surface area contributed by atoms with Gasteiger partial charge in [0.2, 0.25) is 11.6 Å². The van der Waals surface area contributed by atoms with E-state index in [0.29, 0.717) is 22.6 Å². The van der Waals surface area contributed by atoms with Crippen molar-refractivity contribution in [2.24, 2.45) is 0 Å². The van der Waals surface area contributed by atoms with Crippen LogP contribution in [0.15, 0.2) is 24.3 Å². The van der Waals surface area contributed by atoms with Crippen molar-refractivity contribution >= 4 is 11.6 Å². The van der Waals surface area contributed by atoms with Gasteiger partial charge < -0.3 is 18.9 Å². The molecule has 0 amide bonds. The van der Waals surface area contributed by atoms with Gasteiger partial charge in [0, 0.05) is 23.3 Å². The lowest BCUT2D eigenvalue weighted by Gasteiger charge is -2.23. The first-order valence-corrected chi connectivity index (χ1v) is 7.17. The molecule has 6 heteroatoms. The first-order valence-electron chi connectivity index (χ1n) is 7.17. The van der Waals surface area contributed by atoms with Crippen molar-refractivity contribution < 1.29 is 28.5 Å². The SMILES string of the molecule is COc1cc(OC)c2c(c1)-c1cc(OC)cc(OC)c1C(=O)C2=O. The predicted octanol–water partition coefficient (Wildman–Crippen LogP) is 2.77. The Morgan fingerprint density at radius 3 is 1.25 bits per heavy atom. The molecule has 0 atom stereocenters. The second kappa shape index (κ2) is 5.88. The van der Waals surface area contributed by atoms with E-state index in [2.05, 4.69) is 0 Å². The molecule has 0 unspecified atom stereocenters. The Hall–Kier alpha value is -3.02. The molecule has 1 aliphatic rings. The molecule has 24 heavy (non-hydrogen) atoms. The van der Waals surface area contributed by atoms with Crippen LogP contribution in [0.2, 0.25) is 0 Å². The molecule has 2 aromatic rings. The topological polar surface area (TPSA) is 71.1 Å². The molecule has 0 aromatic heterocycles. The third-order valence-electron chi connectivity index (χ3n) is 4.01. The number of ether oxygens (including phenoxy) is 4. The van der Waals surface area contributed by atoms with Crippen molar-refractivity contribution in [2.75, 3.05) is 28.4 Å². The summed E-state index contributed by atoms with van der Waals surface area (Å²) in [6.07, 6.45) is 0. The fraction of sp³-hybridized carbons (Fsp3) is 0.222. The van der Waals surface area contributed by atoms with Gasteiger partial charge in [0.1, 0.15) is 23.0 Å². The van der Waals surface area contributed by atoms with Crippen molar-refractivity contribution in [3.05, 3.63) is 35.4 Å². The van der Waals surface area contributed by atoms with Crippen LogP contribution in [0.3, 0.4) is 0 Å². The number of Topliss-reactive ketones (excluding diaryl/α,β-unsaturated/α-hetero) is 2. The maximum atomic E-state index is 12.6. The lowest BCUT2D eigenvalue weighted by atomic mass is 9.82. The summed E-state index contributed by atoms with van der Waals surface area (Å²) in [6.45, 7) is 0. The average Bonchev–Trinajstić information content (AvgIpc) is 2.63. The third-order valence-corrected chi connectivity index (χ3v) is 4.01. The number of ketones is 2. The minimum absolute atomic E-state index is 0.214. The molecular weight excluding hydrogens is 312 g/mol. The van der Waals surface area contributed by atoms with E-state index < -0.39 is 11.6 Å². The Bertz CT molecular complexity index is 782. The zero-order chi connectivity index (χ0) is 17.4. The van der Waals surface area contributed by atoms with Crippen LogP contribution in [-0.2, 0) is 0 Å². The second-order valence-corrected chi connectivity index (χ2v) is 5.16. The van der Waals surface area contributed by atoms with Crippen molar-refractivity contribution in [1.29, 1.82) is 0 Å². The molecule has 0 N–H and O–H groups in total. The Morgan fingerprint density at radius 2 is 0.958 bits per heavy atom. The van der Waals surface area contributed by atoms with E-state index >= 15 is 0 Å². The van der Waals surface area contributed by atoms with Crippen LogP contribution in [0.4, 0.5) is 0 Å². The number of hydrogen-bond donors (Lipinski definition) is 0. The molecule has 2 aromatic carbocycles. The quantitative estimate of drug-likeness (QED) is 0.804. The standard InChI is InChI=1S/C18H16O6/c1-21-9-5-11-12-6-10(22-2)8-14(24-4)16(12)18(20)17(19)15(11)13(7-9)23-3/h5-8H,1-4H3. The number of benzene rings is 2. The number of methoxy groups -OCH3 is 4. The Labute approximate surface area is 138 Å². The first-order chi connectivity index (χ1) is 11.5. The van der Waals surface area contributed by atoms with Crippen LogP contribution in [0.25, 0.3) is 11.1 Å². The molecule has 0 radical (unpaired) electrons. The molecule has 0 fully saturated rings. The summed E-state index contributed by atoms with van der Waals surface area (Å²) < 4.78 is 21.1. The fourth-order valence-corrected chi connectivity index (χ4v) is 2.86. The molecule has 0 aliphatic heterocycles. The highest BCUT2D eigenvalue weighted by molar-refractivity contribution is 6.54. The van der Waals surface area contributed by atoms with E-state index in [1.54, 1.807) is 24.3 Å². The summed E-state index contributed by atoms with van der Waals surface area (Å²) in [7, 11) is 5.91. The summed E-state index contributed by atoms with van der Waals surface area (Å²) in [4.78, 5) is 25.2. The van der Waals surface area contributed by atoms with Crippen molar-refractivity contribution in [3.8, 4) is 34.1 Å². The molecule has 3 rings (SSSR count). The van der Waals surface area contributed by atoms with Crippen LogP contribution < -0.4 is 18.9 Å². The highest BCUT2D eigenvalue weighted by Gasteiger charge is 2.36. The molecule has 0 bridgehead atoms. The number of rotatable bonds is 4. The normalized spacial score (nSPS) is 12.3. The van der Waals surface area contributed by atoms with E-state index in [1.807, 2.05) is 0 Å². The second-order valence-electron chi connectivity index (χ2n) is 5.16. The number of carbonyl (C=O) groups is 2. The lowest BCUT2D eigenvalue weighted by molar-refractivity contribution is 0.0811. The summed E-state index contributed by atoms with van der Waals surface area (Å²) in [5.41, 5.74) is 1.52. The van der Waals surface area contributed by atoms with E-state index in [-0.39, 0.29) is 22.6 Å². The zero-order valence-corrected chi connectivity index (χ0v) is 13.8. The zero-order valence-electron chi connectivity index (χ0n) is 13.8. The van der Waals surface area contributed by atoms with Crippen molar-refractivity contribution in [1.82, 2.24) is 0 Å². The number of fused-ring (bicyclic) bond motifs is 3. The van der Waals surface area contributed by atoms with Gasteiger partial charge in [-0.2, -0.15) is 0 Å². The van der Waals surface area contributed by atoms with E-state index in [4.69, 9.17) is 18.9 Å². The van der Waals surface area contributed by atoms with Gasteiger partial charge in [-0.3, -0.25) is 9.59 Å². The predicted molar refractivity (Wildman–Crippen MR) is 86.7 cm³/mol. The van der Waals surface area contributed by atoms with E-state index in [9.17, 15) is 9.59 Å². The van der Waals surface area contributed by atoms with Gasteiger partial charge in [0.05, 0.1) is 39.6 Å². The molecule has 0 spiro atoms. The molecule has 0 saturated heterocycles. The van der Waals surface area contributed by atoms with Crippen LogP contribution >= 0.6 is 0 Å². The van der Waals surface area contributed by atoms with Crippen molar-refractivity contribution in [3.63, 3.8) is 0 Å². The summed E-state index contributed by atoms with van der Waals surface area (Å²) >= 11 is 0. The van der Waals surface area contributed by atoms with Crippen LogP contribution in [-0.4, -0.2) is 40.0 Å². The maximum Gasteiger partial charge on any atom is 0.238 e. The summed E-state index contributed by atoms with van der Waals surface area (Å²) in [6, 6.07) is 6.54. The minimum atomic E-state index is -0.638. The fourth-order valence-electron chi connectivity index (χ4n) is 2.86. The van der Waals surface area contributed by atoms with E-state index in [1.165, 1.54) is 28.4 Å². The molecular formula is C18H16O6. The van der Waals surface area contributed by atoms with Crippen LogP contribution in [0.1, 0.15) is 20.7 Å². The van der Waals surface area contributed by atoms with Gasteiger partial charge in [-0.1, -0.05) is 0 Å². The average molecular weight is 328 g/mol.